The third kappa shape index (κ3) is 3.42. The number of rotatable bonds is 0. The minimum Gasteiger partial charge on any atom is -0.289 e. The molecule has 0 heterocycles. The first kappa shape index (κ1) is 7.83. The minimum atomic E-state index is -1.73. The lowest BCUT2D eigenvalue weighted by molar-refractivity contribution is 1.45. The van der Waals surface area contributed by atoms with Crippen molar-refractivity contribution in [3.05, 3.63) is 0 Å². The number of halogens is 4. The number of nitrogens with one attached hydrogen (secondary N) is 1. The van der Waals surface area contributed by atoms with Crippen LogP contribution in [-0.2, 0) is 0 Å². The molecular formula is C2HCl4N. The van der Waals surface area contributed by atoms with Gasteiger partial charge in [-0.25, -0.2) is 0 Å². The number of hydrogen-bond donors (Lipinski definition) is 1. The van der Waals surface area contributed by atoms with E-state index >= 15 is 0 Å². The predicted octanol–water partition coefficient (Wildman–Crippen LogP) is 2.57. The molecule has 0 aliphatic heterocycles. The highest BCUT2D eigenvalue weighted by Gasteiger charge is 2.23. The third-order valence-electron chi connectivity index (χ3n) is 0.249. The predicted molar refractivity (Wildman–Crippen MR) is 33.9 cm³/mol. The lowest BCUT2D eigenvalue weighted by Gasteiger charge is -2.02. The van der Waals surface area contributed by atoms with E-state index in [-0.39, 0.29) is 0 Å². The van der Waals surface area contributed by atoms with Crippen molar-refractivity contribution in [2.45, 2.75) is 3.79 Å². The second kappa shape index (κ2) is 2.40. The first-order valence-corrected chi connectivity index (χ1v) is 2.77. The van der Waals surface area contributed by atoms with E-state index in [1.807, 2.05) is 0 Å². The van der Waals surface area contributed by atoms with E-state index in [0.29, 0.717) is 0 Å². The molecule has 1 nitrogen and oxygen atoms in total. The van der Waals surface area contributed by atoms with Crippen LogP contribution in [0.5, 0.6) is 0 Å². The summed E-state index contributed by atoms with van der Waals surface area (Å²) in [6.45, 7) is 0. The molecule has 0 fully saturated rings. The molecule has 0 saturated heterocycles. The van der Waals surface area contributed by atoms with Gasteiger partial charge in [-0.3, -0.25) is 5.41 Å². The SMILES string of the molecule is N=C(Cl)C(Cl)(Cl)Cl. The van der Waals surface area contributed by atoms with Gasteiger partial charge < -0.3 is 0 Å². The van der Waals surface area contributed by atoms with Crippen LogP contribution in [0.15, 0.2) is 0 Å². The van der Waals surface area contributed by atoms with Crippen LogP contribution in [-0.4, -0.2) is 8.96 Å². The Morgan fingerprint density at radius 3 is 1.43 bits per heavy atom. The fourth-order valence-electron chi connectivity index (χ4n) is 0. The molecule has 1 N–H and O–H groups in total. The molecule has 0 atom stereocenters. The Balaban J connectivity index is 3.79. The maximum atomic E-state index is 6.52. The van der Waals surface area contributed by atoms with Crippen LogP contribution in [0, 0.1) is 5.41 Å². The number of alkyl halides is 3. The molecule has 42 valence electrons. The summed E-state index contributed by atoms with van der Waals surface area (Å²) in [7, 11) is 0. The van der Waals surface area contributed by atoms with Gasteiger partial charge in [-0.15, -0.1) is 0 Å². The highest BCUT2D eigenvalue weighted by atomic mass is 35.6. The molecule has 0 spiro atoms. The molecule has 0 radical (unpaired) electrons. The number of hydrogen-bond acceptors (Lipinski definition) is 1. The zero-order chi connectivity index (χ0) is 6.08. The molecule has 0 aliphatic carbocycles. The Morgan fingerprint density at radius 2 is 1.43 bits per heavy atom. The summed E-state index contributed by atoms with van der Waals surface area (Å²) < 4.78 is -1.73. The first-order valence-electron chi connectivity index (χ1n) is 1.26. The van der Waals surface area contributed by atoms with Gasteiger partial charge in [0.1, 0.15) is 5.17 Å². The topological polar surface area (TPSA) is 23.9 Å². The van der Waals surface area contributed by atoms with Gasteiger partial charge in [0, 0.05) is 0 Å². The summed E-state index contributed by atoms with van der Waals surface area (Å²) >= 11 is 20.1. The highest BCUT2D eigenvalue weighted by molar-refractivity contribution is 6.89. The largest absolute Gasteiger partial charge is 0.289 e. The fraction of sp³-hybridized carbons (Fsp3) is 0.500. The van der Waals surface area contributed by atoms with Crippen LogP contribution < -0.4 is 0 Å². The van der Waals surface area contributed by atoms with E-state index in [9.17, 15) is 0 Å². The van der Waals surface area contributed by atoms with E-state index < -0.39 is 8.96 Å². The lowest BCUT2D eigenvalue weighted by atomic mass is 10.9. The molecule has 0 saturated carbocycles. The monoisotopic (exact) mass is 179 g/mol. The quantitative estimate of drug-likeness (QED) is 0.438. The average molecular weight is 181 g/mol. The summed E-state index contributed by atoms with van der Waals surface area (Å²) in [5, 5.41) is 6.03. The zero-order valence-electron chi connectivity index (χ0n) is 3.01. The van der Waals surface area contributed by atoms with Crippen molar-refractivity contribution in [1.29, 1.82) is 5.41 Å². The van der Waals surface area contributed by atoms with Crippen molar-refractivity contribution < 1.29 is 0 Å². The van der Waals surface area contributed by atoms with Crippen LogP contribution in [0.1, 0.15) is 0 Å². The van der Waals surface area contributed by atoms with Crippen molar-refractivity contribution in [2.75, 3.05) is 0 Å². The van der Waals surface area contributed by atoms with Crippen LogP contribution in [0.2, 0.25) is 0 Å². The first-order chi connectivity index (χ1) is 2.94. The molecule has 0 aromatic heterocycles. The summed E-state index contributed by atoms with van der Waals surface area (Å²) in [5.41, 5.74) is 0. The highest BCUT2D eigenvalue weighted by Crippen LogP contribution is 2.28. The van der Waals surface area contributed by atoms with Gasteiger partial charge in [0.15, 0.2) is 0 Å². The molecular weight excluding hydrogens is 180 g/mol. The van der Waals surface area contributed by atoms with Crippen LogP contribution in [0.25, 0.3) is 0 Å². The smallest absolute Gasteiger partial charge is 0.242 e. The second-order valence-corrected chi connectivity index (χ2v) is 3.47. The molecule has 7 heavy (non-hydrogen) atoms. The van der Waals surface area contributed by atoms with Gasteiger partial charge in [-0.2, -0.15) is 0 Å². The van der Waals surface area contributed by atoms with Crippen molar-refractivity contribution >= 4 is 51.6 Å². The maximum Gasteiger partial charge on any atom is 0.242 e. The average Bonchev–Trinajstić information content (AvgIpc) is 1.31. The Morgan fingerprint density at radius 1 is 1.29 bits per heavy atom. The fourth-order valence-corrected chi connectivity index (χ4v) is 0. The van der Waals surface area contributed by atoms with Crippen LogP contribution in [0.4, 0.5) is 0 Å². The third-order valence-corrected chi connectivity index (χ3v) is 1.39. The summed E-state index contributed by atoms with van der Waals surface area (Å²) in [6.07, 6.45) is 0. The normalized spacial score (nSPS) is 11.4. The van der Waals surface area contributed by atoms with E-state index in [2.05, 4.69) is 0 Å². The molecule has 0 bridgehead atoms. The Bertz CT molecular complexity index is 82.2. The van der Waals surface area contributed by atoms with E-state index in [0.717, 1.165) is 0 Å². The van der Waals surface area contributed by atoms with E-state index in [4.69, 9.17) is 51.8 Å². The van der Waals surface area contributed by atoms with Crippen LogP contribution >= 0.6 is 46.4 Å². The van der Waals surface area contributed by atoms with Crippen molar-refractivity contribution in [2.24, 2.45) is 0 Å². The molecule has 0 aromatic rings. The van der Waals surface area contributed by atoms with E-state index in [1.54, 1.807) is 0 Å². The van der Waals surface area contributed by atoms with Crippen molar-refractivity contribution in [3.63, 3.8) is 0 Å². The van der Waals surface area contributed by atoms with E-state index in [1.165, 1.54) is 0 Å². The molecule has 0 rings (SSSR count). The van der Waals surface area contributed by atoms with Gasteiger partial charge in [-0.1, -0.05) is 46.4 Å². The zero-order valence-corrected chi connectivity index (χ0v) is 6.04. The van der Waals surface area contributed by atoms with Gasteiger partial charge >= 0.3 is 0 Å². The molecule has 0 unspecified atom stereocenters. The van der Waals surface area contributed by atoms with Crippen molar-refractivity contribution in [3.8, 4) is 0 Å². The maximum absolute atomic E-state index is 6.52. The van der Waals surface area contributed by atoms with Gasteiger partial charge in [0.2, 0.25) is 3.79 Å². The van der Waals surface area contributed by atoms with Gasteiger partial charge in [-0.05, 0) is 0 Å². The standard InChI is InChI=1S/C2HCl4N/c3-1(7)2(4,5)6/h7H. The molecule has 0 aliphatic rings. The molecule has 5 heteroatoms. The van der Waals surface area contributed by atoms with Crippen molar-refractivity contribution in [1.82, 2.24) is 0 Å². The second-order valence-electron chi connectivity index (χ2n) is 0.812. The summed E-state index contributed by atoms with van der Waals surface area (Å²) in [4.78, 5) is 0. The minimum absolute atomic E-state index is 0.488. The lowest BCUT2D eigenvalue weighted by Crippen LogP contribution is -2.09. The Kier molecular flexibility index (Phi) is 2.69. The molecule has 0 amide bonds. The van der Waals surface area contributed by atoms with Crippen LogP contribution in [0.3, 0.4) is 0 Å². The van der Waals surface area contributed by atoms with Gasteiger partial charge in [0.25, 0.3) is 0 Å². The van der Waals surface area contributed by atoms with Gasteiger partial charge in [0.05, 0.1) is 0 Å². The molecule has 0 aromatic carbocycles. The summed E-state index contributed by atoms with van der Waals surface area (Å²) in [5.74, 6) is 0. The summed E-state index contributed by atoms with van der Waals surface area (Å²) in [6, 6.07) is 0. The Hall–Kier alpha value is 0.830. The Labute approximate surface area is 61.0 Å².